The maximum Gasteiger partial charge on any atom is 2.00 e. The molecular formula is C38H30N2O6P2PdS2. The van der Waals surface area contributed by atoms with Crippen molar-refractivity contribution in [3.63, 3.8) is 0 Å². The Bertz CT molecular complexity index is 1480. The van der Waals surface area contributed by atoms with Crippen molar-refractivity contribution < 1.29 is 47.6 Å². The third-order valence-electron chi connectivity index (χ3n) is 5.54. The van der Waals surface area contributed by atoms with Gasteiger partial charge in [-0.15, -0.1) is 0 Å². The molecule has 0 aliphatic rings. The molecule has 6 rings (SSSR count). The zero-order valence-corrected chi connectivity index (χ0v) is 31.7. The van der Waals surface area contributed by atoms with Crippen LogP contribution in [0.15, 0.2) is 182 Å². The van der Waals surface area contributed by atoms with E-state index in [1.54, 1.807) is 0 Å². The molecular weight excluding hydrogens is 813 g/mol. The van der Waals surface area contributed by atoms with E-state index in [1.165, 1.54) is 10.8 Å². The average molecular weight is 843 g/mol. The first kappa shape index (κ1) is 42.2. The molecule has 6 aromatic rings. The van der Waals surface area contributed by atoms with Crippen molar-refractivity contribution >= 4 is 42.5 Å². The fourth-order valence-electron chi connectivity index (χ4n) is 3.52. The van der Waals surface area contributed by atoms with E-state index in [-0.39, 0.29) is 20.4 Å². The van der Waals surface area contributed by atoms with E-state index in [0.717, 1.165) is 0 Å². The van der Waals surface area contributed by atoms with Crippen molar-refractivity contribution in [3.05, 3.63) is 182 Å². The van der Waals surface area contributed by atoms with Crippen LogP contribution in [0.1, 0.15) is 0 Å². The molecule has 8 nitrogen and oxygen atoms in total. The Labute approximate surface area is 326 Å². The van der Waals surface area contributed by atoms with Crippen LogP contribution in [0.25, 0.3) is 0 Å². The largest absolute Gasteiger partial charge is 2.00 e. The fourth-order valence-corrected chi connectivity index (χ4v) is 5.50. The van der Waals surface area contributed by atoms with E-state index in [9.17, 15) is 0 Å². The number of nitriles is 2. The monoisotopic (exact) mass is 842 g/mol. The first-order chi connectivity index (χ1) is 24.6. The molecule has 0 aliphatic heterocycles. The molecule has 0 aliphatic carbocycles. The van der Waals surface area contributed by atoms with Crippen molar-refractivity contribution in [1.82, 2.24) is 0 Å². The molecule has 0 aromatic heterocycles. The van der Waals surface area contributed by atoms with Crippen LogP contribution in [0.5, 0.6) is 34.5 Å². The first-order valence-corrected chi connectivity index (χ1v) is 17.6. The molecule has 0 spiro atoms. The Morgan fingerprint density at radius 1 is 0.314 bits per heavy atom. The van der Waals surface area contributed by atoms with Gasteiger partial charge < -0.3 is 52.4 Å². The second-order valence-corrected chi connectivity index (χ2v) is 11.4. The smallest absolute Gasteiger partial charge is 0.696 e. The molecule has 0 radical (unpaired) electrons. The van der Waals surface area contributed by atoms with Crippen LogP contribution in [0.4, 0.5) is 0 Å². The number of hydrogen-bond donors (Lipinski definition) is 0. The van der Waals surface area contributed by atoms with Gasteiger partial charge in [0.1, 0.15) is 34.5 Å². The van der Waals surface area contributed by atoms with E-state index in [1.807, 2.05) is 182 Å². The summed E-state index contributed by atoms with van der Waals surface area (Å²) in [5.74, 6) is 4.25. The van der Waals surface area contributed by atoms with Crippen molar-refractivity contribution in [3.8, 4) is 45.3 Å². The Hall–Kier alpha value is -4.94. The predicted octanol–water partition coefficient (Wildman–Crippen LogP) is 10.9. The summed E-state index contributed by atoms with van der Waals surface area (Å²) in [6.45, 7) is 0. The molecule has 0 saturated carbocycles. The second-order valence-electron chi connectivity index (χ2n) is 9.06. The number of nitrogens with zero attached hydrogens (tertiary/aromatic N) is 2. The van der Waals surface area contributed by atoms with Gasteiger partial charge in [-0.05, 0) is 72.8 Å². The standard InChI is InChI=1S/2C18H15O3P.2CHNS.Pd/c2*1-4-10-16(11-5-1)19-22(20-17-12-6-2-7-13-17)21-18-14-8-3-9-15-18;2*2-1-3;/h2*1-15H;2*3H;/q;;;;+2/p-2. The minimum Gasteiger partial charge on any atom is -0.696 e. The number of hydrogen-bond acceptors (Lipinski definition) is 10. The van der Waals surface area contributed by atoms with E-state index >= 15 is 0 Å². The summed E-state index contributed by atoms with van der Waals surface area (Å²) in [7, 11) is -3.18. The van der Waals surface area contributed by atoms with Crippen molar-refractivity contribution in [2.24, 2.45) is 0 Å². The van der Waals surface area contributed by atoms with Crippen LogP contribution in [0, 0.1) is 21.3 Å². The minimum atomic E-state index is -1.59. The Balaban J connectivity index is 0.000000301. The van der Waals surface area contributed by atoms with Gasteiger partial charge in [-0.25, -0.2) is 10.5 Å². The average Bonchev–Trinajstić information content (AvgIpc) is 3.15. The Morgan fingerprint density at radius 3 is 0.549 bits per heavy atom. The van der Waals surface area contributed by atoms with Gasteiger partial charge >= 0.3 is 37.6 Å². The van der Waals surface area contributed by atoms with Gasteiger partial charge in [0.25, 0.3) is 0 Å². The molecule has 0 heterocycles. The number of para-hydroxylation sites is 6. The third-order valence-corrected chi connectivity index (χ3v) is 7.70. The van der Waals surface area contributed by atoms with Crippen LogP contribution < -0.4 is 27.1 Å². The van der Waals surface area contributed by atoms with E-state index in [2.05, 4.69) is 25.3 Å². The summed E-state index contributed by atoms with van der Waals surface area (Å²) in [5, 5.41) is 16.9. The van der Waals surface area contributed by atoms with Crippen LogP contribution in [-0.2, 0) is 45.7 Å². The summed E-state index contributed by atoms with van der Waals surface area (Å²) in [4.78, 5) is 0. The van der Waals surface area contributed by atoms with Gasteiger partial charge in [0, 0.05) is 0 Å². The Kier molecular flexibility index (Phi) is 22.2. The van der Waals surface area contributed by atoms with Crippen molar-refractivity contribution in [1.29, 1.82) is 10.5 Å². The van der Waals surface area contributed by atoms with E-state index < -0.39 is 17.2 Å². The topological polar surface area (TPSA) is 103 Å². The molecule has 6 aromatic carbocycles. The van der Waals surface area contributed by atoms with Crippen molar-refractivity contribution in [2.75, 3.05) is 0 Å². The predicted molar refractivity (Wildman–Crippen MR) is 202 cm³/mol. The Morgan fingerprint density at radius 2 is 0.431 bits per heavy atom. The van der Waals surface area contributed by atoms with Gasteiger partial charge in [-0.2, -0.15) is 0 Å². The molecule has 0 fully saturated rings. The maximum absolute atomic E-state index is 7.13. The first-order valence-electron chi connectivity index (χ1n) is 14.6. The van der Waals surface area contributed by atoms with Crippen molar-refractivity contribution in [2.45, 2.75) is 0 Å². The molecule has 0 bridgehead atoms. The zero-order chi connectivity index (χ0) is 35.5. The van der Waals surface area contributed by atoms with Gasteiger partial charge in [0.05, 0.1) is 0 Å². The summed E-state index contributed by atoms with van der Waals surface area (Å²) in [6, 6.07) is 57.0. The summed E-state index contributed by atoms with van der Waals surface area (Å²) in [6.07, 6.45) is 0. The van der Waals surface area contributed by atoms with Crippen LogP contribution in [0.3, 0.4) is 0 Å². The molecule has 13 heteroatoms. The molecule has 0 saturated heterocycles. The number of benzene rings is 6. The SMILES string of the molecule is N#C[S-].N#C[S-].[Pd+2].c1ccc(OP(Oc2ccccc2)Oc2ccccc2)cc1.c1ccc(OP(Oc2ccccc2)Oc2ccccc2)cc1. The molecule has 0 N–H and O–H groups in total. The summed E-state index contributed by atoms with van der Waals surface area (Å²) >= 11 is 7.40. The van der Waals surface area contributed by atoms with Gasteiger partial charge in [0.15, 0.2) is 0 Å². The summed E-state index contributed by atoms with van der Waals surface area (Å²) in [5.41, 5.74) is 0. The third kappa shape index (κ3) is 18.6. The maximum atomic E-state index is 7.13. The van der Waals surface area contributed by atoms with Crippen LogP contribution >= 0.6 is 17.2 Å². The minimum absolute atomic E-state index is 0. The normalized spacial score (nSPS) is 9.10. The number of rotatable bonds is 12. The molecule has 0 unspecified atom stereocenters. The second kappa shape index (κ2) is 26.9. The van der Waals surface area contributed by atoms with Crippen LogP contribution in [0.2, 0.25) is 0 Å². The fraction of sp³-hybridized carbons (Fsp3) is 0. The van der Waals surface area contributed by atoms with E-state index in [0.29, 0.717) is 34.5 Å². The van der Waals surface area contributed by atoms with Crippen LogP contribution in [-0.4, -0.2) is 0 Å². The van der Waals surface area contributed by atoms with Gasteiger partial charge in [-0.1, -0.05) is 120 Å². The summed E-state index contributed by atoms with van der Waals surface area (Å²) < 4.78 is 35.1. The van der Waals surface area contributed by atoms with Gasteiger partial charge in [-0.3, -0.25) is 0 Å². The zero-order valence-electron chi connectivity index (χ0n) is 26.7. The molecule has 51 heavy (non-hydrogen) atoms. The molecule has 260 valence electrons. The number of thiocyanates is 2. The van der Waals surface area contributed by atoms with Gasteiger partial charge in [0.2, 0.25) is 0 Å². The molecule has 0 atom stereocenters. The quantitative estimate of drug-likeness (QED) is 0.0512. The molecule has 0 amide bonds. The van der Waals surface area contributed by atoms with E-state index in [4.69, 9.17) is 37.7 Å².